The first-order valence-electron chi connectivity index (χ1n) is 2.81. The van der Waals surface area contributed by atoms with Crippen LogP contribution in [0.5, 0.6) is 0 Å². The molecule has 0 radical (unpaired) electrons. The summed E-state index contributed by atoms with van der Waals surface area (Å²) in [5, 5.41) is 7.75. The molecule has 0 aliphatic heterocycles. The van der Waals surface area contributed by atoms with Crippen molar-refractivity contribution in [1.82, 2.24) is 0 Å². The molecule has 11 heavy (non-hydrogen) atoms. The van der Waals surface area contributed by atoms with Crippen LogP contribution in [0, 0.1) is 0 Å². The zero-order chi connectivity index (χ0) is 9.07. The molecule has 1 N–H and O–H groups in total. The lowest BCUT2D eigenvalue weighted by molar-refractivity contribution is -0.176. The summed E-state index contributed by atoms with van der Waals surface area (Å²) in [6, 6.07) is 0. The van der Waals surface area contributed by atoms with Gasteiger partial charge >= 0.3 is 18.4 Å². The molecule has 0 heterocycles. The van der Waals surface area contributed by atoms with Gasteiger partial charge < -0.3 is 9.84 Å². The molecule has 0 bridgehead atoms. The van der Waals surface area contributed by atoms with Crippen LogP contribution in [-0.4, -0.2) is 23.5 Å². The Kier molecular flexibility index (Phi) is 3.16. The van der Waals surface area contributed by atoms with Crippen molar-refractivity contribution in [2.45, 2.75) is 25.6 Å². The maximum absolute atomic E-state index is 12.1. The Bertz CT molecular complexity index is 148. The van der Waals surface area contributed by atoms with Crippen LogP contribution >= 0.6 is 0 Å². The Morgan fingerprint density at radius 1 is 1.73 bits per heavy atom. The van der Waals surface area contributed by atoms with Crippen LogP contribution in [0.25, 0.3) is 0 Å². The number of carbonyl (C=O) groups is 1. The minimum Gasteiger partial charge on any atom is -0.450 e. The Hall–Kier alpha value is -0.940. The van der Waals surface area contributed by atoms with Gasteiger partial charge in [-0.15, -0.1) is 0 Å². The van der Waals surface area contributed by atoms with E-state index in [-0.39, 0.29) is 0 Å². The van der Waals surface area contributed by atoms with Gasteiger partial charge in [-0.3, -0.25) is 0 Å². The van der Waals surface area contributed by atoms with Gasteiger partial charge in [-0.2, -0.15) is 13.2 Å². The molecule has 0 amide bonds. The quantitative estimate of drug-likeness (QED) is 0.662. The molecule has 0 saturated carbocycles. The van der Waals surface area contributed by atoms with Crippen molar-refractivity contribution in [3.63, 3.8) is 0 Å². The summed E-state index contributed by atoms with van der Waals surface area (Å²) < 4.78 is 39.6. The summed E-state index contributed by atoms with van der Waals surface area (Å²) in [6.45, 7) is 1.03. The van der Waals surface area contributed by atoms with Crippen molar-refractivity contribution in [2.24, 2.45) is 0 Å². The largest absolute Gasteiger partial charge is 0.508 e. The molecule has 0 aromatic heterocycles. The topological polar surface area (TPSA) is 46.5 Å². The summed E-state index contributed by atoms with van der Waals surface area (Å²) >= 11 is 0. The molecule has 0 aliphatic carbocycles. The fourth-order valence-corrected chi connectivity index (χ4v) is 0.335. The SMILES string of the molecule is CCC(F)(F)C(F)OC(=O)O. The lowest BCUT2D eigenvalue weighted by Gasteiger charge is -2.16. The van der Waals surface area contributed by atoms with Crippen molar-refractivity contribution < 1.29 is 27.8 Å². The van der Waals surface area contributed by atoms with Gasteiger partial charge in [-0.25, -0.2) is 4.79 Å². The molecule has 0 aromatic carbocycles. The van der Waals surface area contributed by atoms with Crippen LogP contribution < -0.4 is 0 Å². The highest BCUT2D eigenvalue weighted by atomic mass is 19.3. The van der Waals surface area contributed by atoms with Gasteiger partial charge in [0, 0.05) is 6.42 Å². The van der Waals surface area contributed by atoms with E-state index in [0.29, 0.717) is 0 Å². The molecule has 1 unspecified atom stereocenters. The van der Waals surface area contributed by atoms with Crippen LogP contribution in [0.3, 0.4) is 0 Å². The number of ether oxygens (including phenoxy) is 1. The van der Waals surface area contributed by atoms with E-state index in [1.807, 2.05) is 0 Å². The van der Waals surface area contributed by atoms with E-state index in [4.69, 9.17) is 5.11 Å². The summed E-state index contributed by atoms with van der Waals surface area (Å²) in [4.78, 5) is 9.58. The first-order chi connectivity index (χ1) is 4.90. The minimum atomic E-state index is -3.74. The van der Waals surface area contributed by atoms with Crippen molar-refractivity contribution in [2.75, 3.05) is 0 Å². The molecule has 0 rings (SSSR count). The maximum atomic E-state index is 12.1. The van der Waals surface area contributed by atoms with Crippen molar-refractivity contribution in [3.05, 3.63) is 0 Å². The fourth-order valence-electron chi connectivity index (χ4n) is 0.335. The lowest BCUT2D eigenvalue weighted by Crippen LogP contribution is -2.32. The van der Waals surface area contributed by atoms with E-state index in [1.165, 1.54) is 0 Å². The van der Waals surface area contributed by atoms with Gasteiger partial charge in [0.15, 0.2) is 0 Å². The number of rotatable bonds is 3. The van der Waals surface area contributed by atoms with Gasteiger partial charge in [0.05, 0.1) is 0 Å². The molecule has 0 spiro atoms. The minimum absolute atomic E-state index is 0.804. The predicted molar refractivity (Wildman–Crippen MR) is 29.2 cm³/mol. The van der Waals surface area contributed by atoms with Crippen molar-refractivity contribution >= 4 is 6.16 Å². The first-order valence-corrected chi connectivity index (χ1v) is 2.81. The summed E-state index contributed by atoms with van der Waals surface area (Å²) in [6.07, 6.45) is -5.93. The van der Waals surface area contributed by atoms with Gasteiger partial charge in [0.1, 0.15) is 0 Å². The Morgan fingerprint density at radius 2 is 2.18 bits per heavy atom. The number of alkyl halides is 3. The van der Waals surface area contributed by atoms with E-state index in [9.17, 15) is 18.0 Å². The fraction of sp³-hybridized carbons (Fsp3) is 0.800. The van der Waals surface area contributed by atoms with Crippen LogP contribution in [0.4, 0.5) is 18.0 Å². The molecule has 66 valence electrons. The first kappa shape index (κ1) is 10.1. The molecule has 0 fully saturated rings. The molecule has 6 heteroatoms. The third-order valence-corrected chi connectivity index (χ3v) is 1.01. The molecule has 0 aromatic rings. The maximum Gasteiger partial charge on any atom is 0.508 e. The highest BCUT2D eigenvalue weighted by Crippen LogP contribution is 2.25. The summed E-state index contributed by atoms with van der Waals surface area (Å²) in [5.74, 6) is -3.74. The second-order valence-electron chi connectivity index (χ2n) is 1.81. The van der Waals surface area contributed by atoms with Crippen LogP contribution in [0.1, 0.15) is 13.3 Å². The lowest BCUT2D eigenvalue weighted by atomic mass is 10.3. The Labute approximate surface area is 60.8 Å². The van der Waals surface area contributed by atoms with Crippen molar-refractivity contribution in [3.8, 4) is 0 Å². The summed E-state index contributed by atoms with van der Waals surface area (Å²) in [5.41, 5.74) is 0. The van der Waals surface area contributed by atoms with E-state index in [1.54, 1.807) is 0 Å². The number of hydrogen-bond donors (Lipinski definition) is 1. The van der Waals surface area contributed by atoms with E-state index < -0.39 is 24.9 Å². The average molecular weight is 172 g/mol. The van der Waals surface area contributed by atoms with Crippen LogP contribution in [0.2, 0.25) is 0 Å². The normalized spacial score (nSPS) is 14.2. The molecule has 1 atom stereocenters. The smallest absolute Gasteiger partial charge is 0.450 e. The molecule has 0 aliphatic rings. The van der Waals surface area contributed by atoms with Gasteiger partial charge in [-0.05, 0) is 0 Å². The predicted octanol–water partition coefficient (Wildman–Crippen LogP) is 2.02. The second-order valence-corrected chi connectivity index (χ2v) is 1.81. The third-order valence-electron chi connectivity index (χ3n) is 1.01. The molecule has 3 nitrogen and oxygen atoms in total. The van der Waals surface area contributed by atoms with E-state index in [2.05, 4.69) is 4.74 Å². The van der Waals surface area contributed by atoms with Crippen molar-refractivity contribution in [1.29, 1.82) is 0 Å². The number of carboxylic acid groups (broad SMARTS) is 1. The highest BCUT2D eigenvalue weighted by molar-refractivity contribution is 5.57. The van der Waals surface area contributed by atoms with Gasteiger partial charge in [-0.1, -0.05) is 6.92 Å². The zero-order valence-electron chi connectivity index (χ0n) is 5.68. The van der Waals surface area contributed by atoms with Gasteiger partial charge in [0.25, 0.3) is 0 Å². The summed E-state index contributed by atoms with van der Waals surface area (Å²) in [7, 11) is 0. The highest BCUT2D eigenvalue weighted by Gasteiger charge is 2.41. The zero-order valence-corrected chi connectivity index (χ0v) is 5.68. The van der Waals surface area contributed by atoms with E-state index in [0.717, 1.165) is 6.92 Å². The monoisotopic (exact) mass is 172 g/mol. The number of hydrogen-bond acceptors (Lipinski definition) is 2. The van der Waals surface area contributed by atoms with Crippen LogP contribution in [0.15, 0.2) is 0 Å². The standard InChI is InChI=1S/C5H7F3O3/c1-2-5(7,8)3(6)11-4(9)10/h3H,2H2,1H3,(H,9,10). The molecular weight excluding hydrogens is 165 g/mol. The molecule has 0 saturated heterocycles. The average Bonchev–Trinajstić information content (AvgIpc) is 1.86. The van der Waals surface area contributed by atoms with Crippen LogP contribution in [-0.2, 0) is 4.74 Å². The Balaban J connectivity index is 4.01. The van der Waals surface area contributed by atoms with Gasteiger partial charge in [0.2, 0.25) is 0 Å². The number of halogens is 3. The van der Waals surface area contributed by atoms with E-state index >= 15 is 0 Å². The second kappa shape index (κ2) is 3.45. The molecular formula is C5H7F3O3. The Morgan fingerprint density at radius 3 is 2.45 bits per heavy atom. The third kappa shape index (κ3) is 3.10.